The summed E-state index contributed by atoms with van der Waals surface area (Å²) in [4.78, 5) is 22.4. The Morgan fingerprint density at radius 1 is 1.07 bits per heavy atom. The number of thiazole rings is 1. The van der Waals surface area contributed by atoms with Crippen LogP contribution in [0.2, 0.25) is 0 Å². The molecular weight excluding hydrogens is 559 g/mol. The zero-order valence-corrected chi connectivity index (χ0v) is 25.3. The molecule has 3 aromatic rings. The summed E-state index contributed by atoms with van der Waals surface area (Å²) >= 11 is 1.63. The summed E-state index contributed by atoms with van der Waals surface area (Å²) in [6.45, 7) is 6.69. The highest BCUT2D eigenvalue weighted by molar-refractivity contribution is 7.11. The molecule has 1 aliphatic carbocycles. The molecule has 0 radical (unpaired) electrons. The van der Waals surface area contributed by atoms with Gasteiger partial charge in [-0.05, 0) is 105 Å². The third kappa shape index (κ3) is 7.24. The Labute approximate surface area is 250 Å². The molecule has 4 atom stereocenters. The number of piperidine rings is 1. The van der Waals surface area contributed by atoms with Crippen molar-refractivity contribution in [3.63, 3.8) is 0 Å². The molecule has 1 saturated heterocycles. The number of carboxylic acids is 1. The molecule has 42 heavy (non-hydrogen) atoms. The Morgan fingerprint density at radius 2 is 1.79 bits per heavy atom. The SMILES string of the molecule is CC(C)[C@H](C(=O)O)N(C)C1CC(CN2CCC(c3cnc(Cc4cc(F)cc(F)c4)s3)CC2)C(c2cccc(F)c2)C1. The van der Waals surface area contributed by atoms with Crippen LogP contribution in [0, 0.1) is 29.3 Å². The lowest BCUT2D eigenvalue weighted by atomic mass is 9.87. The van der Waals surface area contributed by atoms with Crippen molar-refractivity contribution in [1.29, 1.82) is 0 Å². The van der Waals surface area contributed by atoms with Gasteiger partial charge in [0.15, 0.2) is 0 Å². The molecular formula is C33H40F3N3O2S. The Bertz CT molecular complexity index is 1350. The summed E-state index contributed by atoms with van der Waals surface area (Å²) in [5.74, 6) is -1.31. The lowest BCUT2D eigenvalue weighted by Gasteiger charge is -2.35. The maximum absolute atomic E-state index is 14.2. The monoisotopic (exact) mass is 599 g/mol. The Morgan fingerprint density at radius 3 is 2.43 bits per heavy atom. The van der Waals surface area contributed by atoms with Crippen LogP contribution >= 0.6 is 11.3 Å². The van der Waals surface area contributed by atoms with Gasteiger partial charge in [-0.1, -0.05) is 26.0 Å². The van der Waals surface area contributed by atoms with Gasteiger partial charge in [0.25, 0.3) is 0 Å². The number of nitrogens with zero attached hydrogens (tertiary/aromatic N) is 3. The van der Waals surface area contributed by atoms with Gasteiger partial charge in [0, 0.05) is 36.1 Å². The molecule has 5 rings (SSSR count). The first-order chi connectivity index (χ1) is 20.1. The molecule has 2 aromatic carbocycles. The molecule has 226 valence electrons. The van der Waals surface area contributed by atoms with Crippen molar-refractivity contribution in [2.24, 2.45) is 11.8 Å². The van der Waals surface area contributed by atoms with E-state index in [2.05, 4.69) is 9.88 Å². The number of halogens is 3. The molecule has 2 aliphatic rings. The van der Waals surface area contributed by atoms with E-state index in [-0.39, 0.29) is 23.7 Å². The van der Waals surface area contributed by atoms with Crippen LogP contribution in [0.15, 0.2) is 48.7 Å². The summed E-state index contributed by atoms with van der Waals surface area (Å²) in [6.07, 6.45) is 6.04. The molecule has 0 bridgehead atoms. The molecule has 0 spiro atoms. The maximum Gasteiger partial charge on any atom is 0.321 e. The van der Waals surface area contributed by atoms with E-state index in [1.807, 2.05) is 38.1 Å². The van der Waals surface area contributed by atoms with Gasteiger partial charge in [-0.2, -0.15) is 0 Å². The van der Waals surface area contributed by atoms with Crippen molar-refractivity contribution < 1.29 is 23.1 Å². The minimum absolute atomic E-state index is 0.0134. The van der Waals surface area contributed by atoms with E-state index in [1.54, 1.807) is 23.5 Å². The van der Waals surface area contributed by atoms with Gasteiger partial charge >= 0.3 is 5.97 Å². The van der Waals surface area contributed by atoms with E-state index in [9.17, 15) is 23.1 Å². The molecule has 1 saturated carbocycles. The standard InChI is InChI=1S/C33H40F3N3O2S/c1-20(2)32(33(40)41)38(3)28-15-24(29(17-28)23-5-4-6-25(34)14-23)19-39-9-7-22(8-10-39)30-18-37-31(42-30)13-21-11-26(35)16-27(36)12-21/h4-6,11-12,14,16,18,20,22,24,28-29,32H,7-10,13,15,17,19H2,1-3H3,(H,40,41)/t24?,28?,29?,32-/m1/s1. The Balaban J connectivity index is 1.22. The second-order valence-corrected chi connectivity index (χ2v) is 13.6. The summed E-state index contributed by atoms with van der Waals surface area (Å²) in [5.41, 5.74) is 1.58. The van der Waals surface area contributed by atoms with Crippen molar-refractivity contribution in [2.45, 2.75) is 69.9 Å². The fraction of sp³-hybridized carbons (Fsp3) is 0.515. The van der Waals surface area contributed by atoms with E-state index < -0.39 is 23.6 Å². The minimum Gasteiger partial charge on any atom is -0.480 e. The number of aromatic nitrogens is 1. The van der Waals surface area contributed by atoms with Gasteiger partial charge in [0.1, 0.15) is 23.5 Å². The Kier molecular flexibility index (Phi) is 9.70. The third-order valence-electron chi connectivity index (χ3n) is 9.18. The normalized spacial score (nSPS) is 22.7. The van der Waals surface area contributed by atoms with Gasteiger partial charge in [-0.25, -0.2) is 18.2 Å². The summed E-state index contributed by atoms with van der Waals surface area (Å²) < 4.78 is 41.4. The quantitative estimate of drug-likeness (QED) is 0.274. The van der Waals surface area contributed by atoms with E-state index in [4.69, 9.17) is 0 Å². The fourth-order valence-corrected chi connectivity index (χ4v) is 8.27. The first kappa shape index (κ1) is 30.7. The van der Waals surface area contributed by atoms with Crippen molar-refractivity contribution in [3.05, 3.63) is 87.1 Å². The number of carboxylic acid groups (broad SMARTS) is 1. The molecule has 0 amide bonds. The van der Waals surface area contributed by atoms with Gasteiger partial charge in [-0.15, -0.1) is 11.3 Å². The lowest BCUT2D eigenvalue weighted by Crippen LogP contribution is -2.47. The first-order valence-electron chi connectivity index (χ1n) is 14.9. The lowest BCUT2D eigenvalue weighted by molar-refractivity contribution is -0.145. The highest BCUT2D eigenvalue weighted by Crippen LogP contribution is 2.44. The van der Waals surface area contributed by atoms with Crippen LogP contribution in [0.3, 0.4) is 0 Å². The Hall–Kier alpha value is -2.75. The van der Waals surface area contributed by atoms with Crippen LogP contribution in [0.5, 0.6) is 0 Å². The number of hydrogen-bond donors (Lipinski definition) is 1. The largest absolute Gasteiger partial charge is 0.480 e. The molecule has 1 N–H and O–H groups in total. The second-order valence-electron chi connectivity index (χ2n) is 12.4. The smallest absolute Gasteiger partial charge is 0.321 e. The van der Waals surface area contributed by atoms with Crippen molar-refractivity contribution in [3.8, 4) is 0 Å². The number of benzene rings is 2. The molecule has 2 heterocycles. The molecule has 2 fully saturated rings. The molecule has 1 aromatic heterocycles. The summed E-state index contributed by atoms with van der Waals surface area (Å²) in [6, 6.07) is 10.1. The average molecular weight is 600 g/mol. The summed E-state index contributed by atoms with van der Waals surface area (Å²) in [7, 11) is 1.92. The number of aliphatic carboxylic acids is 1. The van der Waals surface area contributed by atoms with Gasteiger partial charge in [0.2, 0.25) is 0 Å². The molecule has 1 aliphatic heterocycles. The summed E-state index contributed by atoms with van der Waals surface area (Å²) in [5, 5.41) is 10.8. The van der Waals surface area contributed by atoms with Crippen molar-refractivity contribution >= 4 is 17.3 Å². The van der Waals surface area contributed by atoms with Crippen LogP contribution in [0.1, 0.15) is 72.4 Å². The first-order valence-corrected chi connectivity index (χ1v) is 15.7. The van der Waals surface area contributed by atoms with E-state index in [1.165, 1.54) is 23.1 Å². The number of carbonyl (C=O) groups is 1. The molecule has 9 heteroatoms. The highest BCUT2D eigenvalue weighted by Gasteiger charge is 2.41. The van der Waals surface area contributed by atoms with Crippen LogP contribution in [0.25, 0.3) is 0 Å². The van der Waals surface area contributed by atoms with Crippen LogP contribution in [0.4, 0.5) is 13.2 Å². The zero-order valence-electron chi connectivity index (χ0n) is 24.5. The highest BCUT2D eigenvalue weighted by atomic mass is 32.1. The van der Waals surface area contributed by atoms with E-state index >= 15 is 0 Å². The third-order valence-corrected chi connectivity index (χ3v) is 10.3. The van der Waals surface area contributed by atoms with Crippen LogP contribution in [-0.2, 0) is 11.2 Å². The van der Waals surface area contributed by atoms with Crippen LogP contribution in [-0.4, -0.2) is 64.6 Å². The zero-order chi connectivity index (χ0) is 30.0. The van der Waals surface area contributed by atoms with Gasteiger partial charge < -0.3 is 10.0 Å². The fourth-order valence-electron chi connectivity index (χ4n) is 7.15. The minimum atomic E-state index is -0.797. The van der Waals surface area contributed by atoms with E-state index in [0.29, 0.717) is 23.8 Å². The van der Waals surface area contributed by atoms with Gasteiger partial charge in [0.05, 0.1) is 5.01 Å². The average Bonchev–Trinajstić information content (AvgIpc) is 3.55. The van der Waals surface area contributed by atoms with E-state index in [0.717, 1.165) is 62.0 Å². The second kappa shape index (κ2) is 13.3. The van der Waals surface area contributed by atoms with Crippen molar-refractivity contribution in [2.75, 3.05) is 26.7 Å². The topological polar surface area (TPSA) is 56.7 Å². The number of rotatable bonds is 10. The van der Waals surface area contributed by atoms with Gasteiger partial charge in [-0.3, -0.25) is 9.69 Å². The maximum atomic E-state index is 14.2. The molecule has 3 unspecified atom stereocenters. The predicted octanol–water partition coefficient (Wildman–Crippen LogP) is 6.93. The van der Waals surface area contributed by atoms with Crippen LogP contribution < -0.4 is 0 Å². The number of likely N-dealkylation sites (N-methyl/N-ethyl adjacent to an activating group) is 1. The molecule has 5 nitrogen and oxygen atoms in total. The van der Waals surface area contributed by atoms with Crippen molar-refractivity contribution in [1.82, 2.24) is 14.8 Å². The number of hydrogen-bond acceptors (Lipinski definition) is 5. The number of likely N-dealkylation sites (tertiary alicyclic amines) is 1. The predicted molar refractivity (Wildman–Crippen MR) is 159 cm³/mol.